The van der Waals surface area contributed by atoms with Gasteiger partial charge >= 0.3 is 0 Å². The Bertz CT molecular complexity index is 465. The Morgan fingerprint density at radius 2 is 2.05 bits per heavy atom. The van der Waals surface area contributed by atoms with E-state index in [1.165, 1.54) is 0 Å². The minimum Gasteiger partial charge on any atom is -0.493 e. The molecule has 1 aliphatic rings. The standard InChI is InChI=1S/C16H25N3O2/c1-2-21-15-7-4-3-6-14(15)16(20)19-10-5-9-18(11-8-17)12-13-19/h3-4,6-7H,2,5,8-13,17H2,1H3. The summed E-state index contributed by atoms with van der Waals surface area (Å²) in [6, 6.07) is 7.48. The van der Waals surface area contributed by atoms with Crippen LogP contribution in [0.1, 0.15) is 23.7 Å². The number of ether oxygens (including phenoxy) is 1. The lowest BCUT2D eigenvalue weighted by atomic mass is 10.1. The second kappa shape index (κ2) is 8.00. The lowest BCUT2D eigenvalue weighted by Gasteiger charge is -2.22. The maximum absolute atomic E-state index is 12.7. The Morgan fingerprint density at radius 3 is 2.81 bits per heavy atom. The largest absolute Gasteiger partial charge is 0.493 e. The number of benzene rings is 1. The summed E-state index contributed by atoms with van der Waals surface area (Å²) in [6.45, 7) is 7.50. The average Bonchev–Trinajstić information content (AvgIpc) is 2.74. The summed E-state index contributed by atoms with van der Waals surface area (Å²) < 4.78 is 5.57. The fourth-order valence-corrected chi connectivity index (χ4v) is 2.68. The molecule has 0 saturated carbocycles. The molecule has 5 nitrogen and oxygen atoms in total. The van der Waals surface area contributed by atoms with Crippen LogP contribution in [0, 0.1) is 0 Å². The number of hydrogen-bond donors (Lipinski definition) is 1. The van der Waals surface area contributed by atoms with Crippen LogP contribution < -0.4 is 10.5 Å². The summed E-state index contributed by atoms with van der Waals surface area (Å²) in [7, 11) is 0. The first-order valence-electron chi connectivity index (χ1n) is 7.69. The smallest absolute Gasteiger partial charge is 0.257 e. The van der Waals surface area contributed by atoms with Crippen molar-refractivity contribution < 1.29 is 9.53 Å². The number of amides is 1. The molecule has 0 unspecified atom stereocenters. The lowest BCUT2D eigenvalue weighted by molar-refractivity contribution is 0.0757. The quantitative estimate of drug-likeness (QED) is 0.885. The van der Waals surface area contributed by atoms with Crippen molar-refractivity contribution in [1.82, 2.24) is 9.80 Å². The van der Waals surface area contributed by atoms with Gasteiger partial charge in [0, 0.05) is 32.7 Å². The molecule has 1 saturated heterocycles. The van der Waals surface area contributed by atoms with Crippen LogP contribution in [0.2, 0.25) is 0 Å². The van der Waals surface area contributed by atoms with Gasteiger partial charge in [-0.05, 0) is 32.0 Å². The van der Waals surface area contributed by atoms with Crippen LogP contribution in [-0.2, 0) is 0 Å². The van der Waals surface area contributed by atoms with E-state index in [2.05, 4.69) is 4.90 Å². The zero-order valence-corrected chi connectivity index (χ0v) is 12.8. The van der Waals surface area contributed by atoms with Gasteiger partial charge in [-0.3, -0.25) is 4.79 Å². The Kier molecular flexibility index (Phi) is 6.02. The van der Waals surface area contributed by atoms with E-state index in [4.69, 9.17) is 10.5 Å². The third kappa shape index (κ3) is 4.19. The fraction of sp³-hybridized carbons (Fsp3) is 0.562. The highest BCUT2D eigenvalue weighted by Gasteiger charge is 2.22. The molecular weight excluding hydrogens is 266 g/mol. The van der Waals surface area contributed by atoms with Crippen LogP contribution in [0.4, 0.5) is 0 Å². The maximum Gasteiger partial charge on any atom is 0.257 e. The minimum absolute atomic E-state index is 0.0636. The highest BCUT2D eigenvalue weighted by molar-refractivity contribution is 5.97. The van der Waals surface area contributed by atoms with E-state index in [0.29, 0.717) is 24.5 Å². The predicted molar refractivity (Wildman–Crippen MR) is 83.6 cm³/mol. The molecule has 1 aromatic carbocycles. The van der Waals surface area contributed by atoms with Gasteiger partial charge in [0.05, 0.1) is 12.2 Å². The Labute approximate surface area is 126 Å². The summed E-state index contributed by atoms with van der Waals surface area (Å²) in [5, 5.41) is 0. The van der Waals surface area contributed by atoms with E-state index in [-0.39, 0.29) is 5.91 Å². The molecular formula is C16H25N3O2. The number of nitrogens with zero attached hydrogens (tertiary/aromatic N) is 2. The highest BCUT2D eigenvalue weighted by atomic mass is 16.5. The Hall–Kier alpha value is -1.59. The van der Waals surface area contributed by atoms with E-state index in [0.717, 1.165) is 39.1 Å². The molecule has 2 N–H and O–H groups in total. The van der Waals surface area contributed by atoms with Crippen LogP contribution in [0.25, 0.3) is 0 Å². The molecule has 1 fully saturated rings. The molecule has 21 heavy (non-hydrogen) atoms. The van der Waals surface area contributed by atoms with Crippen molar-refractivity contribution in [3.63, 3.8) is 0 Å². The Balaban J connectivity index is 2.06. The van der Waals surface area contributed by atoms with Crippen molar-refractivity contribution >= 4 is 5.91 Å². The van der Waals surface area contributed by atoms with Gasteiger partial charge in [-0.15, -0.1) is 0 Å². The second-order valence-electron chi connectivity index (χ2n) is 5.21. The van der Waals surface area contributed by atoms with Gasteiger partial charge in [-0.2, -0.15) is 0 Å². The summed E-state index contributed by atoms with van der Waals surface area (Å²) in [5.74, 6) is 0.738. The van der Waals surface area contributed by atoms with Crippen LogP contribution in [0.3, 0.4) is 0 Å². The number of nitrogens with two attached hydrogens (primary N) is 1. The van der Waals surface area contributed by atoms with E-state index in [1.807, 2.05) is 36.1 Å². The van der Waals surface area contributed by atoms with Gasteiger partial charge in [0.15, 0.2) is 0 Å². The zero-order chi connectivity index (χ0) is 15.1. The van der Waals surface area contributed by atoms with Gasteiger partial charge in [-0.1, -0.05) is 12.1 Å². The molecule has 2 rings (SSSR count). The van der Waals surface area contributed by atoms with Crippen molar-refractivity contribution in [2.24, 2.45) is 5.73 Å². The van der Waals surface area contributed by atoms with E-state index in [9.17, 15) is 4.79 Å². The summed E-state index contributed by atoms with van der Waals surface area (Å²) >= 11 is 0. The summed E-state index contributed by atoms with van der Waals surface area (Å²) in [6.07, 6.45) is 0.989. The van der Waals surface area contributed by atoms with Crippen LogP contribution in [0.5, 0.6) is 5.75 Å². The third-order valence-electron chi connectivity index (χ3n) is 3.74. The van der Waals surface area contributed by atoms with Crippen molar-refractivity contribution in [1.29, 1.82) is 0 Å². The maximum atomic E-state index is 12.7. The number of rotatable bonds is 5. The molecule has 1 amide bonds. The molecule has 0 aromatic heterocycles. The van der Waals surface area contributed by atoms with Crippen molar-refractivity contribution in [2.75, 3.05) is 45.9 Å². The first kappa shape index (κ1) is 15.8. The van der Waals surface area contributed by atoms with Gasteiger partial charge in [0.2, 0.25) is 0 Å². The number of carbonyl (C=O) groups is 1. The van der Waals surface area contributed by atoms with Gasteiger partial charge in [-0.25, -0.2) is 0 Å². The van der Waals surface area contributed by atoms with Crippen LogP contribution >= 0.6 is 0 Å². The molecule has 1 aliphatic heterocycles. The number of carbonyl (C=O) groups excluding carboxylic acids is 1. The number of hydrogen-bond acceptors (Lipinski definition) is 4. The Morgan fingerprint density at radius 1 is 1.24 bits per heavy atom. The van der Waals surface area contributed by atoms with Crippen molar-refractivity contribution in [3.8, 4) is 5.75 Å². The first-order valence-corrected chi connectivity index (χ1v) is 7.69. The van der Waals surface area contributed by atoms with Gasteiger partial charge < -0.3 is 20.3 Å². The van der Waals surface area contributed by atoms with Gasteiger partial charge in [0.1, 0.15) is 5.75 Å². The molecule has 0 atom stereocenters. The minimum atomic E-state index is 0.0636. The normalized spacial score (nSPS) is 16.6. The van der Waals surface area contributed by atoms with E-state index >= 15 is 0 Å². The van der Waals surface area contributed by atoms with Crippen LogP contribution in [0.15, 0.2) is 24.3 Å². The molecule has 0 spiro atoms. The third-order valence-corrected chi connectivity index (χ3v) is 3.74. The molecule has 0 bridgehead atoms. The topological polar surface area (TPSA) is 58.8 Å². The molecule has 0 aliphatic carbocycles. The predicted octanol–water partition coefficient (Wildman–Crippen LogP) is 1.19. The lowest BCUT2D eigenvalue weighted by Crippen LogP contribution is -2.36. The fourth-order valence-electron chi connectivity index (χ4n) is 2.68. The molecule has 5 heteroatoms. The molecule has 1 heterocycles. The molecule has 116 valence electrons. The molecule has 0 radical (unpaired) electrons. The van der Waals surface area contributed by atoms with Crippen molar-refractivity contribution in [3.05, 3.63) is 29.8 Å². The zero-order valence-electron chi connectivity index (χ0n) is 12.8. The van der Waals surface area contributed by atoms with Crippen molar-refractivity contribution in [2.45, 2.75) is 13.3 Å². The SMILES string of the molecule is CCOc1ccccc1C(=O)N1CCCN(CCN)CC1. The summed E-state index contributed by atoms with van der Waals surface area (Å²) in [5.41, 5.74) is 6.27. The van der Waals surface area contributed by atoms with E-state index in [1.54, 1.807) is 0 Å². The average molecular weight is 291 g/mol. The number of para-hydroxylation sites is 1. The summed E-state index contributed by atoms with van der Waals surface area (Å²) in [4.78, 5) is 17.0. The van der Waals surface area contributed by atoms with Crippen LogP contribution in [-0.4, -0.2) is 61.6 Å². The van der Waals surface area contributed by atoms with Gasteiger partial charge in [0.25, 0.3) is 5.91 Å². The second-order valence-corrected chi connectivity index (χ2v) is 5.21. The first-order chi connectivity index (χ1) is 10.3. The van der Waals surface area contributed by atoms with E-state index < -0.39 is 0 Å². The monoisotopic (exact) mass is 291 g/mol. The molecule has 1 aromatic rings. The highest BCUT2D eigenvalue weighted by Crippen LogP contribution is 2.20.